The maximum atomic E-state index is 12.8. The molecule has 0 saturated heterocycles. The third-order valence-electron chi connectivity index (χ3n) is 13.4. The van der Waals surface area contributed by atoms with E-state index in [4.69, 9.17) is 14.2 Å². The summed E-state index contributed by atoms with van der Waals surface area (Å²) in [4.78, 5) is 38.1. The molecule has 0 N–H and O–H groups in total. The van der Waals surface area contributed by atoms with Crippen LogP contribution in [0.4, 0.5) is 0 Å². The first kappa shape index (κ1) is 64.9. The van der Waals surface area contributed by atoms with Crippen molar-refractivity contribution in [2.75, 3.05) is 13.2 Å². The average molecular weight is 944 g/mol. The van der Waals surface area contributed by atoms with Gasteiger partial charge in [0.15, 0.2) is 6.10 Å². The Hall–Kier alpha value is -2.11. The third-order valence-corrected chi connectivity index (χ3v) is 13.4. The lowest BCUT2D eigenvalue weighted by Crippen LogP contribution is -2.30. The van der Waals surface area contributed by atoms with E-state index in [2.05, 4.69) is 45.1 Å². The van der Waals surface area contributed by atoms with Gasteiger partial charge in [0, 0.05) is 19.3 Å². The van der Waals surface area contributed by atoms with Crippen molar-refractivity contribution in [3.8, 4) is 0 Å². The minimum Gasteiger partial charge on any atom is -0.462 e. The molecule has 0 aliphatic carbocycles. The van der Waals surface area contributed by atoms with Crippen LogP contribution in [0.2, 0.25) is 0 Å². The SMILES string of the molecule is CCCCCC/C=C\CCCCCCCC(=O)OC(COC(=O)CCCCCCCCCCCCC)COC(=O)CCCCCCCCCCCCCCC/C=C\CCCCCCCCCC. The molecule has 0 rings (SSSR count). The quantitative estimate of drug-likeness (QED) is 0.0262. The van der Waals surface area contributed by atoms with E-state index in [0.29, 0.717) is 19.3 Å². The number of esters is 3. The van der Waals surface area contributed by atoms with E-state index in [0.717, 1.165) is 64.2 Å². The molecule has 0 aromatic rings. The van der Waals surface area contributed by atoms with Gasteiger partial charge < -0.3 is 14.2 Å². The summed E-state index contributed by atoms with van der Waals surface area (Å²) in [5.74, 6) is -0.861. The summed E-state index contributed by atoms with van der Waals surface area (Å²) in [6.45, 7) is 6.65. The smallest absolute Gasteiger partial charge is 0.306 e. The molecule has 0 aliphatic heterocycles. The van der Waals surface area contributed by atoms with Crippen LogP contribution in [-0.2, 0) is 28.6 Å². The molecule has 0 amide bonds. The minimum atomic E-state index is -0.770. The fraction of sp³-hybridized carbons (Fsp3) is 0.885. The molecule has 0 radical (unpaired) electrons. The molecule has 67 heavy (non-hydrogen) atoms. The Bertz CT molecular complexity index is 1080. The fourth-order valence-corrected chi connectivity index (χ4v) is 8.91. The summed E-state index contributed by atoms with van der Waals surface area (Å²) in [7, 11) is 0. The van der Waals surface area contributed by atoms with Crippen molar-refractivity contribution in [2.24, 2.45) is 0 Å². The van der Waals surface area contributed by atoms with Crippen LogP contribution < -0.4 is 0 Å². The number of rotatable bonds is 55. The zero-order valence-electron chi connectivity index (χ0n) is 45.2. The van der Waals surface area contributed by atoms with Crippen LogP contribution in [0.3, 0.4) is 0 Å². The summed E-state index contributed by atoms with van der Waals surface area (Å²) in [6, 6.07) is 0. The van der Waals surface area contributed by atoms with Crippen LogP contribution in [0.25, 0.3) is 0 Å². The van der Waals surface area contributed by atoms with Crippen molar-refractivity contribution in [1.29, 1.82) is 0 Å². The van der Waals surface area contributed by atoms with Crippen LogP contribution in [0.15, 0.2) is 24.3 Å². The van der Waals surface area contributed by atoms with E-state index in [-0.39, 0.29) is 31.1 Å². The van der Waals surface area contributed by atoms with Crippen molar-refractivity contribution in [3.05, 3.63) is 24.3 Å². The molecule has 0 aromatic carbocycles. The lowest BCUT2D eigenvalue weighted by atomic mass is 10.0. The highest BCUT2D eigenvalue weighted by atomic mass is 16.6. The second-order valence-corrected chi connectivity index (χ2v) is 20.3. The van der Waals surface area contributed by atoms with Gasteiger partial charge in [-0.3, -0.25) is 14.4 Å². The highest BCUT2D eigenvalue weighted by Gasteiger charge is 2.19. The topological polar surface area (TPSA) is 78.9 Å². The lowest BCUT2D eigenvalue weighted by Gasteiger charge is -2.18. The van der Waals surface area contributed by atoms with Crippen LogP contribution in [0.5, 0.6) is 0 Å². The Labute approximate surface area is 417 Å². The van der Waals surface area contributed by atoms with Crippen molar-refractivity contribution >= 4 is 17.9 Å². The molecular formula is C61H114O6. The van der Waals surface area contributed by atoms with E-state index < -0.39 is 6.10 Å². The van der Waals surface area contributed by atoms with E-state index in [1.807, 2.05) is 0 Å². The van der Waals surface area contributed by atoms with Gasteiger partial charge in [0.2, 0.25) is 0 Å². The summed E-state index contributed by atoms with van der Waals surface area (Å²) in [5.41, 5.74) is 0. The van der Waals surface area contributed by atoms with Crippen molar-refractivity contribution in [1.82, 2.24) is 0 Å². The van der Waals surface area contributed by atoms with Gasteiger partial charge in [-0.05, 0) is 70.6 Å². The number of hydrogen-bond acceptors (Lipinski definition) is 6. The Kier molecular flexibility index (Phi) is 54.7. The van der Waals surface area contributed by atoms with Gasteiger partial charge in [0.25, 0.3) is 0 Å². The number of carbonyl (C=O) groups excluding carboxylic acids is 3. The maximum Gasteiger partial charge on any atom is 0.306 e. The summed E-state index contributed by atoms with van der Waals surface area (Å²) in [5, 5.41) is 0. The van der Waals surface area contributed by atoms with Gasteiger partial charge >= 0.3 is 17.9 Å². The van der Waals surface area contributed by atoms with Crippen molar-refractivity contribution < 1.29 is 28.6 Å². The normalized spacial score (nSPS) is 12.1. The maximum absolute atomic E-state index is 12.8. The van der Waals surface area contributed by atoms with E-state index >= 15 is 0 Å². The molecule has 394 valence electrons. The Morgan fingerprint density at radius 1 is 0.284 bits per heavy atom. The highest BCUT2D eigenvalue weighted by molar-refractivity contribution is 5.71. The second kappa shape index (κ2) is 56.5. The van der Waals surface area contributed by atoms with Gasteiger partial charge in [-0.2, -0.15) is 0 Å². The number of allylic oxidation sites excluding steroid dienone is 4. The molecule has 1 atom stereocenters. The van der Waals surface area contributed by atoms with Crippen molar-refractivity contribution in [2.45, 2.75) is 335 Å². The van der Waals surface area contributed by atoms with E-state index in [1.165, 1.54) is 225 Å². The Morgan fingerprint density at radius 2 is 0.493 bits per heavy atom. The van der Waals surface area contributed by atoms with Gasteiger partial charge in [0.1, 0.15) is 13.2 Å². The summed E-state index contributed by atoms with van der Waals surface area (Å²) < 4.78 is 16.8. The Morgan fingerprint density at radius 3 is 0.761 bits per heavy atom. The molecule has 6 heteroatoms. The first-order valence-corrected chi connectivity index (χ1v) is 29.8. The molecule has 0 spiro atoms. The largest absolute Gasteiger partial charge is 0.462 e. The van der Waals surface area contributed by atoms with Gasteiger partial charge in [-0.15, -0.1) is 0 Å². The first-order chi connectivity index (χ1) is 33.0. The van der Waals surface area contributed by atoms with Crippen LogP contribution in [-0.4, -0.2) is 37.2 Å². The number of hydrogen-bond donors (Lipinski definition) is 0. The zero-order chi connectivity index (χ0) is 48.6. The molecule has 0 aliphatic rings. The predicted octanol–water partition coefficient (Wildman–Crippen LogP) is 19.9. The number of carbonyl (C=O) groups is 3. The monoisotopic (exact) mass is 943 g/mol. The molecule has 0 heterocycles. The Balaban J connectivity index is 4.17. The third kappa shape index (κ3) is 54.7. The van der Waals surface area contributed by atoms with Gasteiger partial charge in [-0.25, -0.2) is 0 Å². The summed E-state index contributed by atoms with van der Waals surface area (Å²) >= 11 is 0. The van der Waals surface area contributed by atoms with Crippen LogP contribution in [0, 0.1) is 0 Å². The molecule has 0 bridgehead atoms. The molecule has 1 unspecified atom stereocenters. The summed E-state index contributed by atoms with van der Waals surface area (Å²) in [6.07, 6.45) is 66.1. The van der Waals surface area contributed by atoms with E-state index in [9.17, 15) is 14.4 Å². The molecule has 6 nitrogen and oxygen atoms in total. The first-order valence-electron chi connectivity index (χ1n) is 29.8. The molecular weight excluding hydrogens is 829 g/mol. The lowest BCUT2D eigenvalue weighted by molar-refractivity contribution is -0.167. The standard InChI is InChI=1S/C61H114O6/c1-4-7-10-13-16-19-22-24-25-26-27-28-29-30-31-32-33-34-35-37-39-42-45-48-51-54-60(63)66-57-58(56-65-59(62)53-50-47-44-41-38-21-18-15-12-9-6-3)67-61(64)55-52-49-46-43-40-36-23-20-17-14-11-8-5-2/h20,23,26-27,58H,4-19,21-22,24-25,28-57H2,1-3H3/b23-20-,27-26-. The fourth-order valence-electron chi connectivity index (χ4n) is 8.91. The number of ether oxygens (including phenoxy) is 3. The number of unbranched alkanes of at least 4 members (excludes halogenated alkanes) is 40. The molecule has 0 aromatic heterocycles. The van der Waals surface area contributed by atoms with Crippen LogP contribution >= 0.6 is 0 Å². The van der Waals surface area contributed by atoms with Gasteiger partial charge in [0.05, 0.1) is 0 Å². The highest BCUT2D eigenvalue weighted by Crippen LogP contribution is 2.17. The second-order valence-electron chi connectivity index (χ2n) is 20.3. The predicted molar refractivity (Wildman–Crippen MR) is 289 cm³/mol. The van der Waals surface area contributed by atoms with Crippen molar-refractivity contribution in [3.63, 3.8) is 0 Å². The van der Waals surface area contributed by atoms with Gasteiger partial charge in [-0.1, -0.05) is 263 Å². The molecule has 0 fully saturated rings. The zero-order valence-corrected chi connectivity index (χ0v) is 45.2. The minimum absolute atomic E-state index is 0.0701. The van der Waals surface area contributed by atoms with E-state index in [1.54, 1.807) is 0 Å². The molecule has 0 saturated carbocycles. The average Bonchev–Trinajstić information content (AvgIpc) is 3.33. The van der Waals surface area contributed by atoms with Crippen LogP contribution in [0.1, 0.15) is 329 Å².